The minimum absolute atomic E-state index is 0.0909. The van der Waals surface area contributed by atoms with Crippen LogP contribution in [-0.2, 0) is 0 Å². The maximum absolute atomic E-state index is 11.6. The number of ether oxygens (including phenoxy) is 1. The molecule has 1 aromatic heterocycles. The van der Waals surface area contributed by atoms with Crippen molar-refractivity contribution in [2.75, 3.05) is 7.11 Å². The number of ketones is 1. The van der Waals surface area contributed by atoms with Crippen LogP contribution < -0.4 is 4.74 Å². The van der Waals surface area contributed by atoms with Gasteiger partial charge in [-0.2, -0.15) is 0 Å². The van der Waals surface area contributed by atoms with Gasteiger partial charge in [0.2, 0.25) is 5.88 Å². The standard InChI is InChI=1S/C10H12N2O2/c1-14-10-5-8(11-6-12-10)9(13)4-7-2-3-7/h5-7H,2-4H2,1H3. The third-order valence-electron chi connectivity index (χ3n) is 2.31. The Hall–Kier alpha value is -1.45. The Morgan fingerprint density at radius 3 is 3.00 bits per heavy atom. The van der Waals surface area contributed by atoms with Crippen molar-refractivity contribution in [2.45, 2.75) is 19.3 Å². The molecule has 14 heavy (non-hydrogen) atoms. The van der Waals surface area contributed by atoms with Gasteiger partial charge in [0.1, 0.15) is 12.0 Å². The van der Waals surface area contributed by atoms with Crippen molar-refractivity contribution in [3.05, 3.63) is 18.1 Å². The molecule has 0 saturated heterocycles. The zero-order valence-electron chi connectivity index (χ0n) is 8.06. The maximum atomic E-state index is 11.6. The molecule has 0 amide bonds. The lowest BCUT2D eigenvalue weighted by atomic mass is 10.1. The van der Waals surface area contributed by atoms with Gasteiger partial charge in [-0.25, -0.2) is 9.97 Å². The zero-order valence-corrected chi connectivity index (χ0v) is 8.06. The van der Waals surface area contributed by atoms with E-state index in [4.69, 9.17) is 4.74 Å². The molecule has 0 aliphatic heterocycles. The van der Waals surface area contributed by atoms with Crippen LogP contribution in [0.2, 0.25) is 0 Å². The summed E-state index contributed by atoms with van der Waals surface area (Å²) in [6.07, 6.45) is 4.32. The average Bonchev–Trinajstić information content (AvgIpc) is 3.02. The van der Waals surface area contributed by atoms with E-state index in [1.165, 1.54) is 26.3 Å². The zero-order chi connectivity index (χ0) is 9.97. The lowest BCUT2D eigenvalue weighted by molar-refractivity contribution is 0.0970. The fraction of sp³-hybridized carbons (Fsp3) is 0.500. The topological polar surface area (TPSA) is 52.1 Å². The maximum Gasteiger partial charge on any atom is 0.216 e. The molecule has 1 fully saturated rings. The van der Waals surface area contributed by atoms with Crippen LogP contribution >= 0.6 is 0 Å². The second-order valence-electron chi connectivity index (χ2n) is 3.52. The first-order valence-electron chi connectivity index (χ1n) is 4.69. The minimum Gasteiger partial charge on any atom is -0.481 e. The van der Waals surface area contributed by atoms with Gasteiger partial charge in [-0.1, -0.05) is 0 Å². The van der Waals surface area contributed by atoms with E-state index in [2.05, 4.69) is 9.97 Å². The summed E-state index contributed by atoms with van der Waals surface area (Å²) in [4.78, 5) is 19.4. The summed E-state index contributed by atoms with van der Waals surface area (Å²) in [5.74, 6) is 1.12. The monoisotopic (exact) mass is 192 g/mol. The van der Waals surface area contributed by atoms with Crippen LogP contribution in [0.4, 0.5) is 0 Å². The number of hydrogen-bond donors (Lipinski definition) is 0. The Kier molecular flexibility index (Phi) is 2.43. The lowest BCUT2D eigenvalue weighted by Crippen LogP contribution is -2.04. The Morgan fingerprint density at radius 1 is 1.57 bits per heavy atom. The molecular formula is C10H12N2O2. The predicted molar refractivity (Wildman–Crippen MR) is 50.3 cm³/mol. The Morgan fingerprint density at radius 2 is 2.36 bits per heavy atom. The predicted octanol–water partition coefficient (Wildman–Crippen LogP) is 1.47. The van der Waals surface area contributed by atoms with E-state index >= 15 is 0 Å². The molecule has 1 heterocycles. The molecule has 4 heteroatoms. The number of carbonyl (C=O) groups is 1. The number of aromatic nitrogens is 2. The van der Waals surface area contributed by atoms with Crippen LogP contribution in [0.15, 0.2) is 12.4 Å². The third kappa shape index (κ3) is 2.07. The van der Waals surface area contributed by atoms with E-state index in [-0.39, 0.29) is 5.78 Å². The molecule has 0 spiro atoms. The highest BCUT2D eigenvalue weighted by Gasteiger charge is 2.25. The Bertz CT molecular complexity index is 348. The lowest BCUT2D eigenvalue weighted by Gasteiger charge is -2.00. The van der Waals surface area contributed by atoms with Crippen molar-refractivity contribution >= 4 is 5.78 Å². The summed E-state index contributed by atoms with van der Waals surface area (Å²) in [6.45, 7) is 0. The number of Topliss-reactive ketones (excluding diaryl/α,β-unsaturated/α-hetero) is 1. The third-order valence-corrected chi connectivity index (χ3v) is 2.31. The molecule has 74 valence electrons. The van der Waals surface area contributed by atoms with Gasteiger partial charge in [-0.3, -0.25) is 4.79 Å². The first-order valence-corrected chi connectivity index (χ1v) is 4.69. The van der Waals surface area contributed by atoms with Gasteiger partial charge in [0.25, 0.3) is 0 Å². The van der Waals surface area contributed by atoms with Crippen LogP contribution in [0.25, 0.3) is 0 Å². The van der Waals surface area contributed by atoms with Crippen molar-refractivity contribution in [3.63, 3.8) is 0 Å². The molecular weight excluding hydrogens is 180 g/mol. The molecule has 1 saturated carbocycles. The molecule has 0 radical (unpaired) electrons. The Balaban J connectivity index is 2.09. The summed E-state index contributed by atoms with van der Waals surface area (Å²) in [5, 5.41) is 0. The van der Waals surface area contributed by atoms with Crippen molar-refractivity contribution in [1.29, 1.82) is 0 Å². The van der Waals surface area contributed by atoms with Crippen molar-refractivity contribution in [3.8, 4) is 5.88 Å². The van der Waals surface area contributed by atoms with Crippen molar-refractivity contribution in [2.24, 2.45) is 5.92 Å². The van der Waals surface area contributed by atoms with Gasteiger partial charge in [0.05, 0.1) is 7.11 Å². The second-order valence-corrected chi connectivity index (χ2v) is 3.52. The molecule has 0 bridgehead atoms. The molecule has 0 atom stereocenters. The minimum atomic E-state index is 0.0909. The molecule has 0 unspecified atom stereocenters. The van der Waals surface area contributed by atoms with Crippen LogP contribution in [0, 0.1) is 5.92 Å². The molecule has 1 aromatic rings. The van der Waals surface area contributed by atoms with Gasteiger partial charge < -0.3 is 4.74 Å². The van der Waals surface area contributed by atoms with Crippen LogP contribution in [0.1, 0.15) is 29.8 Å². The fourth-order valence-corrected chi connectivity index (χ4v) is 1.29. The van der Waals surface area contributed by atoms with Crippen LogP contribution in [0.3, 0.4) is 0 Å². The second kappa shape index (κ2) is 3.74. The smallest absolute Gasteiger partial charge is 0.216 e. The largest absolute Gasteiger partial charge is 0.481 e. The van der Waals surface area contributed by atoms with Gasteiger partial charge in [-0.05, 0) is 18.8 Å². The highest BCUT2D eigenvalue weighted by molar-refractivity contribution is 5.94. The van der Waals surface area contributed by atoms with Gasteiger partial charge in [0.15, 0.2) is 5.78 Å². The van der Waals surface area contributed by atoms with E-state index < -0.39 is 0 Å². The van der Waals surface area contributed by atoms with E-state index in [1.54, 1.807) is 6.07 Å². The molecule has 1 aliphatic carbocycles. The van der Waals surface area contributed by atoms with Crippen molar-refractivity contribution in [1.82, 2.24) is 9.97 Å². The molecule has 1 aliphatic rings. The van der Waals surface area contributed by atoms with Crippen LogP contribution in [0.5, 0.6) is 5.88 Å². The quantitative estimate of drug-likeness (QED) is 0.678. The van der Waals surface area contributed by atoms with Crippen molar-refractivity contribution < 1.29 is 9.53 Å². The summed E-state index contributed by atoms with van der Waals surface area (Å²) in [7, 11) is 1.53. The van der Waals surface area contributed by atoms with Gasteiger partial charge in [-0.15, -0.1) is 0 Å². The highest BCUT2D eigenvalue weighted by Crippen LogP contribution is 2.33. The number of carbonyl (C=O) groups excluding carboxylic acids is 1. The summed E-state index contributed by atoms with van der Waals surface area (Å²) < 4.78 is 4.92. The molecule has 2 rings (SSSR count). The van der Waals surface area contributed by atoms with E-state index in [0.717, 1.165) is 0 Å². The summed E-state index contributed by atoms with van der Waals surface area (Å²) in [5.41, 5.74) is 0.462. The van der Waals surface area contributed by atoms with E-state index in [1.807, 2.05) is 0 Å². The average molecular weight is 192 g/mol. The van der Waals surface area contributed by atoms with Crippen LogP contribution in [-0.4, -0.2) is 22.9 Å². The number of hydrogen-bond acceptors (Lipinski definition) is 4. The fourth-order valence-electron chi connectivity index (χ4n) is 1.29. The molecule has 0 N–H and O–H groups in total. The molecule has 4 nitrogen and oxygen atoms in total. The van der Waals surface area contributed by atoms with Gasteiger partial charge in [0, 0.05) is 12.5 Å². The SMILES string of the molecule is COc1cc(C(=O)CC2CC2)ncn1. The normalized spacial score (nSPS) is 15.2. The highest BCUT2D eigenvalue weighted by atomic mass is 16.5. The molecule has 0 aromatic carbocycles. The van der Waals surface area contributed by atoms with E-state index in [9.17, 15) is 4.79 Å². The Labute approximate surface area is 82.3 Å². The van der Waals surface area contributed by atoms with Gasteiger partial charge >= 0.3 is 0 Å². The number of methoxy groups -OCH3 is 1. The number of nitrogens with zero attached hydrogens (tertiary/aromatic N) is 2. The summed E-state index contributed by atoms with van der Waals surface area (Å²) >= 11 is 0. The number of rotatable bonds is 4. The summed E-state index contributed by atoms with van der Waals surface area (Å²) in [6, 6.07) is 1.59. The first kappa shape index (κ1) is 9.12. The van der Waals surface area contributed by atoms with E-state index in [0.29, 0.717) is 23.9 Å². The first-order chi connectivity index (χ1) is 6.79.